The van der Waals surface area contributed by atoms with E-state index in [1.807, 2.05) is 13.8 Å². The number of amides is 2. The number of nitrogens with two attached hydrogens (primary N) is 1. The third-order valence-corrected chi connectivity index (χ3v) is 2.83. The molecule has 1 heterocycles. The third kappa shape index (κ3) is 3.48. The lowest BCUT2D eigenvalue weighted by Gasteiger charge is -2.33. The van der Waals surface area contributed by atoms with Crippen LogP contribution in [0.3, 0.4) is 0 Å². The number of hydrogen-bond donors (Lipinski definition) is 1. The Morgan fingerprint density at radius 1 is 1.25 bits per heavy atom. The summed E-state index contributed by atoms with van der Waals surface area (Å²) in [5.74, 6) is 0.0917. The van der Waals surface area contributed by atoms with E-state index in [4.69, 9.17) is 5.73 Å². The van der Waals surface area contributed by atoms with Gasteiger partial charge in [0.25, 0.3) is 0 Å². The van der Waals surface area contributed by atoms with Crippen molar-refractivity contribution in [3.8, 4) is 0 Å². The van der Waals surface area contributed by atoms with E-state index in [9.17, 15) is 9.59 Å². The highest BCUT2D eigenvalue weighted by Crippen LogP contribution is 2.06. The van der Waals surface area contributed by atoms with Crippen LogP contribution < -0.4 is 5.73 Å². The Balaban J connectivity index is 2.38. The molecule has 1 aliphatic rings. The highest BCUT2D eigenvalue weighted by Gasteiger charge is 2.28. The van der Waals surface area contributed by atoms with Gasteiger partial charge in [-0.05, 0) is 26.7 Å². The molecule has 0 spiro atoms. The molecule has 2 N–H and O–H groups in total. The molecule has 0 aromatic carbocycles. The minimum absolute atomic E-state index is 0.0443. The molecule has 16 heavy (non-hydrogen) atoms. The van der Waals surface area contributed by atoms with Gasteiger partial charge in [0.2, 0.25) is 11.8 Å². The first kappa shape index (κ1) is 13.0. The first-order valence-corrected chi connectivity index (χ1v) is 5.85. The molecule has 0 aromatic rings. The van der Waals surface area contributed by atoms with Gasteiger partial charge in [-0.2, -0.15) is 0 Å². The van der Waals surface area contributed by atoms with Gasteiger partial charge in [0.05, 0.1) is 13.1 Å². The molecule has 0 aromatic heterocycles. The van der Waals surface area contributed by atoms with Gasteiger partial charge in [0.15, 0.2) is 0 Å². The fraction of sp³-hybridized carbons (Fsp3) is 0.818. The van der Waals surface area contributed by atoms with Crippen LogP contribution in [0.4, 0.5) is 0 Å². The second kappa shape index (κ2) is 5.84. The minimum atomic E-state index is 0.0443. The molecule has 5 nitrogen and oxygen atoms in total. The molecule has 1 atom stereocenters. The second-order valence-electron chi connectivity index (χ2n) is 4.34. The van der Waals surface area contributed by atoms with Crippen molar-refractivity contribution in [2.45, 2.75) is 32.7 Å². The van der Waals surface area contributed by atoms with E-state index < -0.39 is 0 Å². The summed E-state index contributed by atoms with van der Waals surface area (Å²) < 4.78 is 0. The fourth-order valence-electron chi connectivity index (χ4n) is 1.80. The zero-order valence-corrected chi connectivity index (χ0v) is 10.1. The molecule has 1 rings (SSSR count). The van der Waals surface area contributed by atoms with Gasteiger partial charge in [0.1, 0.15) is 0 Å². The molecule has 1 unspecified atom stereocenters. The summed E-state index contributed by atoms with van der Waals surface area (Å²) in [7, 11) is 0. The van der Waals surface area contributed by atoms with Crippen molar-refractivity contribution in [3.63, 3.8) is 0 Å². The summed E-state index contributed by atoms with van der Waals surface area (Å²) in [5.41, 5.74) is 5.63. The van der Waals surface area contributed by atoms with Crippen LogP contribution in [-0.4, -0.2) is 53.8 Å². The molecule has 2 amide bonds. The summed E-state index contributed by atoms with van der Waals surface area (Å²) in [5, 5.41) is 0. The maximum absolute atomic E-state index is 11.7. The van der Waals surface area contributed by atoms with E-state index in [0.29, 0.717) is 13.1 Å². The summed E-state index contributed by atoms with van der Waals surface area (Å²) >= 11 is 0. The first-order chi connectivity index (χ1) is 7.54. The van der Waals surface area contributed by atoms with Crippen molar-refractivity contribution in [1.29, 1.82) is 0 Å². The van der Waals surface area contributed by atoms with Crippen molar-refractivity contribution in [2.75, 3.05) is 26.2 Å². The molecule has 1 saturated heterocycles. The molecule has 0 saturated carbocycles. The fourth-order valence-corrected chi connectivity index (χ4v) is 1.80. The SMILES string of the molecule is CCN1CC(=O)N(CCCC(C)N)CC1=O. The van der Waals surface area contributed by atoms with Crippen LogP contribution in [0.25, 0.3) is 0 Å². The third-order valence-electron chi connectivity index (χ3n) is 2.83. The number of carbonyl (C=O) groups is 2. The van der Waals surface area contributed by atoms with Gasteiger partial charge in [-0.25, -0.2) is 0 Å². The minimum Gasteiger partial charge on any atom is -0.332 e. The Morgan fingerprint density at radius 3 is 2.38 bits per heavy atom. The standard InChI is InChI=1S/C11H21N3O2/c1-3-13-7-11(16)14(8-10(13)15)6-4-5-9(2)12/h9H,3-8,12H2,1-2H3. The average Bonchev–Trinajstić information content (AvgIpc) is 2.22. The number of hydrogen-bond acceptors (Lipinski definition) is 3. The zero-order valence-electron chi connectivity index (χ0n) is 10.1. The predicted molar refractivity (Wildman–Crippen MR) is 61.7 cm³/mol. The van der Waals surface area contributed by atoms with Crippen molar-refractivity contribution in [1.82, 2.24) is 9.80 Å². The van der Waals surface area contributed by atoms with Crippen molar-refractivity contribution in [3.05, 3.63) is 0 Å². The highest BCUT2D eigenvalue weighted by atomic mass is 16.2. The van der Waals surface area contributed by atoms with E-state index in [0.717, 1.165) is 12.8 Å². The second-order valence-corrected chi connectivity index (χ2v) is 4.34. The summed E-state index contributed by atoms with van der Waals surface area (Å²) in [6.07, 6.45) is 1.75. The molecule has 0 aliphatic carbocycles. The monoisotopic (exact) mass is 227 g/mol. The molecule has 5 heteroatoms. The lowest BCUT2D eigenvalue weighted by molar-refractivity contribution is -0.149. The van der Waals surface area contributed by atoms with E-state index >= 15 is 0 Å². The highest BCUT2D eigenvalue weighted by molar-refractivity contribution is 5.92. The quantitative estimate of drug-likeness (QED) is 0.707. The molecule has 0 bridgehead atoms. The maximum atomic E-state index is 11.7. The normalized spacial score (nSPS) is 19.2. The number of piperazine rings is 1. The van der Waals surface area contributed by atoms with Crippen LogP contribution in [0.1, 0.15) is 26.7 Å². The van der Waals surface area contributed by atoms with Crippen molar-refractivity contribution >= 4 is 11.8 Å². The summed E-state index contributed by atoms with van der Waals surface area (Å²) in [4.78, 5) is 26.5. The number of rotatable bonds is 5. The van der Waals surface area contributed by atoms with Crippen LogP contribution in [0.2, 0.25) is 0 Å². The van der Waals surface area contributed by atoms with E-state index in [-0.39, 0.29) is 30.9 Å². The van der Waals surface area contributed by atoms with Crippen LogP contribution in [0.5, 0.6) is 0 Å². The van der Waals surface area contributed by atoms with Gasteiger partial charge >= 0.3 is 0 Å². The molecule has 0 radical (unpaired) electrons. The Kier molecular flexibility index (Phi) is 4.73. The average molecular weight is 227 g/mol. The smallest absolute Gasteiger partial charge is 0.242 e. The molecular weight excluding hydrogens is 206 g/mol. The topological polar surface area (TPSA) is 66.6 Å². The first-order valence-electron chi connectivity index (χ1n) is 5.85. The molecular formula is C11H21N3O2. The van der Waals surface area contributed by atoms with Crippen LogP contribution in [0, 0.1) is 0 Å². The van der Waals surface area contributed by atoms with Crippen LogP contribution in [0.15, 0.2) is 0 Å². The molecule has 1 fully saturated rings. The van der Waals surface area contributed by atoms with Gasteiger partial charge in [-0.15, -0.1) is 0 Å². The predicted octanol–water partition coefficient (Wildman–Crippen LogP) is -0.195. The van der Waals surface area contributed by atoms with Crippen molar-refractivity contribution in [2.24, 2.45) is 5.73 Å². The van der Waals surface area contributed by atoms with Gasteiger partial charge in [-0.3, -0.25) is 9.59 Å². The lowest BCUT2D eigenvalue weighted by Crippen LogP contribution is -2.53. The Labute approximate surface area is 96.6 Å². The zero-order chi connectivity index (χ0) is 12.1. The Hall–Kier alpha value is -1.10. The van der Waals surface area contributed by atoms with E-state index in [2.05, 4.69) is 0 Å². The Bertz CT molecular complexity index is 266. The lowest BCUT2D eigenvalue weighted by atomic mass is 10.2. The van der Waals surface area contributed by atoms with Crippen LogP contribution in [-0.2, 0) is 9.59 Å². The van der Waals surface area contributed by atoms with Gasteiger partial charge < -0.3 is 15.5 Å². The maximum Gasteiger partial charge on any atom is 0.242 e. The van der Waals surface area contributed by atoms with Crippen LogP contribution >= 0.6 is 0 Å². The van der Waals surface area contributed by atoms with Gasteiger partial charge in [-0.1, -0.05) is 0 Å². The number of nitrogens with zero attached hydrogens (tertiary/aromatic N) is 2. The molecule has 92 valence electrons. The number of likely N-dealkylation sites (N-methyl/N-ethyl adjacent to an activating group) is 1. The van der Waals surface area contributed by atoms with Crippen molar-refractivity contribution < 1.29 is 9.59 Å². The number of carbonyl (C=O) groups excluding carboxylic acids is 2. The van der Waals surface area contributed by atoms with E-state index in [1.54, 1.807) is 9.80 Å². The molecule has 1 aliphatic heterocycles. The summed E-state index contributed by atoms with van der Waals surface area (Å²) in [6.45, 7) is 5.54. The Morgan fingerprint density at radius 2 is 1.81 bits per heavy atom. The van der Waals surface area contributed by atoms with Gasteiger partial charge in [0, 0.05) is 19.1 Å². The summed E-state index contributed by atoms with van der Waals surface area (Å²) in [6, 6.07) is 0.155. The van der Waals surface area contributed by atoms with E-state index in [1.165, 1.54) is 0 Å². The largest absolute Gasteiger partial charge is 0.332 e.